The molecule has 0 saturated carbocycles. The van der Waals surface area contributed by atoms with Crippen molar-refractivity contribution in [2.75, 3.05) is 25.6 Å². The molecule has 2 aromatic rings. The zero-order valence-corrected chi connectivity index (χ0v) is 18.8. The Labute approximate surface area is 184 Å². The Morgan fingerprint density at radius 3 is 2.45 bits per heavy atom. The lowest BCUT2D eigenvalue weighted by Gasteiger charge is -2.27. The van der Waals surface area contributed by atoms with Crippen LogP contribution in [0, 0.1) is 0 Å². The molecular weight excluding hydrogens is 392 g/mol. The lowest BCUT2D eigenvalue weighted by molar-refractivity contribution is -0.134. The summed E-state index contributed by atoms with van der Waals surface area (Å²) >= 11 is 0. The highest BCUT2D eigenvalue weighted by Crippen LogP contribution is 2.28. The fraction of sp³-hybridized carbons (Fsp3) is 0.360. The van der Waals surface area contributed by atoms with Crippen molar-refractivity contribution in [3.63, 3.8) is 0 Å². The van der Waals surface area contributed by atoms with Crippen LogP contribution in [0.15, 0.2) is 54.6 Å². The van der Waals surface area contributed by atoms with Gasteiger partial charge in [0.1, 0.15) is 6.04 Å². The summed E-state index contributed by atoms with van der Waals surface area (Å²) in [5, 5.41) is 2.86. The van der Waals surface area contributed by atoms with Gasteiger partial charge in [-0.15, -0.1) is 0 Å². The van der Waals surface area contributed by atoms with Crippen LogP contribution in [0.2, 0.25) is 0 Å². The summed E-state index contributed by atoms with van der Waals surface area (Å²) < 4.78 is 11.1. The summed E-state index contributed by atoms with van der Waals surface area (Å²) in [6.45, 7) is 6.85. The van der Waals surface area contributed by atoms with Gasteiger partial charge >= 0.3 is 0 Å². The molecule has 0 radical (unpaired) electrons. The SMILES string of the molecule is CCCOc1ccc(/C=C\C(=O)N(CCC)[C@H](C)C(=O)Nc2ccccc2)cc1OC. The predicted molar refractivity (Wildman–Crippen MR) is 124 cm³/mol. The second kappa shape index (κ2) is 12.4. The smallest absolute Gasteiger partial charge is 0.247 e. The summed E-state index contributed by atoms with van der Waals surface area (Å²) in [5.74, 6) is 0.846. The minimum Gasteiger partial charge on any atom is -0.493 e. The number of nitrogens with zero attached hydrogens (tertiary/aromatic N) is 1. The van der Waals surface area contributed by atoms with Gasteiger partial charge in [-0.2, -0.15) is 0 Å². The molecule has 6 nitrogen and oxygen atoms in total. The van der Waals surface area contributed by atoms with E-state index < -0.39 is 6.04 Å². The van der Waals surface area contributed by atoms with Gasteiger partial charge in [0.05, 0.1) is 13.7 Å². The number of anilines is 1. The first-order valence-electron chi connectivity index (χ1n) is 10.7. The average molecular weight is 425 g/mol. The van der Waals surface area contributed by atoms with Crippen LogP contribution in [0.1, 0.15) is 39.2 Å². The lowest BCUT2D eigenvalue weighted by atomic mass is 10.1. The van der Waals surface area contributed by atoms with Gasteiger partial charge in [-0.05, 0) is 55.7 Å². The van der Waals surface area contributed by atoms with E-state index in [9.17, 15) is 9.59 Å². The molecule has 1 atom stereocenters. The van der Waals surface area contributed by atoms with Crippen molar-refractivity contribution in [2.24, 2.45) is 0 Å². The van der Waals surface area contributed by atoms with Gasteiger partial charge in [0.25, 0.3) is 0 Å². The zero-order chi connectivity index (χ0) is 22.6. The van der Waals surface area contributed by atoms with E-state index in [1.807, 2.05) is 62.4 Å². The normalized spacial score (nSPS) is 11.7. The molecule has 31 heavy (non-hydrogen) atoms. The molecule has 2 aromatic carbocycles. The number of nitrogens with one attached hydrogen (secondary N) is 1. The van der Waals surface area contributed by atoms with Gasteiger partial charge in [0.15, 0.2) is 11.5 Å². The molecule has 6 heteroatoms. The fourth-order valence-electron chi connectivity index (χ4n) is 3.03. The summed E-state index contributed by atoms with van der Waals surface area (Å²) in [6.07, 6.45) is 4.87. The van der Waals surface area contributed by atoms with Gasteiger partial charge in [-0.25, -0.2) is 0 Å². The molecule has 2 amide bonds. The number of benzene rings is 2. The standard InChI is InChI=1S/C25H32N2O4/c1-5-16-27(19(3)25(29)26-21-10-8-7-9-11-21)24(28)15-13-20-12-14-22(31-17-6-2)23(18-20)30-4/h7-15,18-19H,5-6,16-17H2,1-4H3,(H,26,29)/b15-13-/t19-/m1/s1. The van der Waals surface area contributed by atoms with Crippen LogP contribution >= 0.6 is 0 Å². The third-order valence-electron chi connectivity index (χ3n) is 4.70. The molecule has 0 aliphatic heterocycles. The summed E-state index contributed by atoms with van der Waals surface area (Å²) in [6, 6.07) is 14.1. The first-order chi connectivity index (χ1) is 15.0. The lowest BCUT2D eigenvalue weighted by Crippen LogP contribution is -2.45. The predicted octanol–water partition coefficient (Wildman–Crippen LogP) is 4.76. The summed E-state index contributed by atoms with van der Waals surface area (Å²) in [7, 11) is 1.59. The number of carbonyl (C=O) groups excluding carboxylic acids is 2. The molecular formula is C25H32N2O4. The first-order valence-corrected chi connectivity index (χ1v) is 10.7. The number of ether oxygens (including phenoxy) is 2. The second-order valence-corrected chi connectivity index (χ2v) is 7.15. The Hall–Kier alpha value is -3.28. The largest absolute Gasteiger partial charge is 0.493 e. The number of hydrogen-bond acceptors (Lipinski definition) is 4. The maximum absolute atomic E-state index is 12.9. The van der Waals surface area contributed by atoms with Gasteiger partial charge in [0.2, 0.25) is 11.8 Å². The van der Waals surface area contributed by atoms with E-state index in [1.165, 1.54) is 6.08 Å². The number of rotatable bonds is 11. The topological polar surface area (TPSA) is 67.9 Å². The maximum atomic E-state index is 12.9. The molecule has 0 aromatic heterocycles. The van der Waals surface area contributed by atoms with Crippen molar-refractivity contribution in [1.82, 2.24) is 4.90 Å². The van der Waals surface area contributed by atoms with Gasteiger partial charge < -0.3 is 19.7 Å². The Bertz CT molecular complexity index is 880. The van der Waals surface area contributed by atoms with Gasteiger partial charge in [-0.3, -0.25) is 9.59 Å². The Kier molecular flexibility index (Phi) is 9.62. The first kappa shape index (κ1) is 24.0. The molecule has 0 bridgehead atoms. The highest BCUT2D eigenvalue weighted by molar-refractivity contribution is 5.99. The second-order valence-electron chi connectivity index (χ2n) is 7.15. The number of methoxy groups -OCH3 is 1. The highest BCUT2D eigenvalue weighted by atomic mass is 16.5. The van der Waals surface area contributed by atoms with Crippen LogP contribution in [-0.4, -0.2) is 43.0 Å². The summed E-state index contributed by atoms with van der Waals surface area (Å²) in [4.78, 5) is 27.1. The van der Waals surface area contributed by atoms with Crippen molar-refractivity contribution >= 4 is 23.6 Å². The molecule has 0 unspecified atom stereocenters. The number of amides is 2. The van der Waals surface area contributed by atoms with Crippen molar-refractivity contribution in [3.8, 4) is 11.5 Å². The molecule has 0 heterocycles. The van der Waals surface area contributed by atoms with Crippen molar-refractivity contribution in [3.05, 3.63) is 60.2 Å². The summed E-state index contributed by atoms with van der Waals surface area (Å²) in [5.41, 5.74) is 1.52. The maximum Gasteiger partial charge on any atom is 0.247 e. The minimum atomic E-state index is -0.600. The molecule has 2 rings (SSSR count). The van der Waals surface area contributed by atoms with E-state index in [-0.39, 0.29) is 11.8 Å². The van der Waals surface area contributed by atoms with Gasteiger partial charge in [0, 0.05) is 18.3 Å². The van der Waals surface area contributed by atoms with E-state index in [0.717, 1.165) is 18.4 Å². The number of hydrogen-bond donors (Lipinski definition) is 1. The molecule has 0 saturated heterocycles. The van der Waals surface area contributed by atoms with Crippen LogP contribution in [-0.2, 0) is 9.59 Å². The van der Waals surface area contributed by atoms with E-state index in [0.29, 0.717) is 30.3 Å². The Balaban J connectivity index is 2.10. The van der Waals surface area contributed by atoms with E-state index >= 15 is 0 Å². The molecule has 166 valence electrons. The van der Waals surface area contributed by atoms with E-state index in [2.05, 4.69) is 5.32 Å². The van der Waals surface area contributed by atoms with Crippen molar-refractivity contribution in [1.29, 1.82) is 0 Å². The van der Waals surface area contributed by atoms with E-state index in [4.69, 9.17) is 9.47 Å². The highest BCUT2D eigenvalue weighted by Gasteiger charge is 2.24. The molecule has 0 spiro atoms. The van der Waals surface area contributed by atoms with E-state index in [1.54, 1.807) is 25.0 Å². The Morgan fingerprint density at radius 2 is 1.81 bits per heavy atom. The molecule has 0 aliphatic carbocycles. The van der Waals surface area contributed by atoms with Crippen LogP contribution < -0.4 is 14.8 Å². The van der Waals surface area contributed by atoms with Crippen molar-refractivity contribution in [2.45, 2.75) is 39.7 Å². The van der Waals surface area contributed by atoms with Crippen LogP contribution in [0.5, 0.6) is 11.5 Å². The van der Waals surface area contributed by atoms with Crippen LogP contribution in [0.4, 0.5) is 5.69 Å². The zero-order valence-electron chi connectivity index (χ0n) is 18.8. The number of para-hydroxylation sites is 1. The van der Waals surface area contributed by atoms with Crippen molar-refractivity contribution < 1.29 is 19.1 Å². The molecule has 0 fully saturated rings. The third kappa shape index (κ3) is 7.17. The van der Waals surface area contributed by atoms with Gasteiger partial charge in [-0.1, -0.05) is 38.1 Å². The minimum absolute atomic E-state index is 0.220. The van der Waals surface area contributed by atoms with Crippen LogP contribution in [0.25, 0.3) is 6.08 Å². The monoisotopic (exact) mass is 424 g/mol. The fourth-order valence-corrected chi connectivity index (χ4v) is 3.03. The Morgan fingerprint density at radius 1 is 1.06 bits per heavy atom. The number of carbonyl (C=O) groups is 2. The van der Waals surface area contributed by atoms with Crippen LogP contribution in [0.3, 0.4) is 0 Å². The average Bonchev–Trinajstić information content (AvgIpc) is 2.80. The molecule has 1 N–H and O–H groups in total. The molecule has 0 aliphatic rings. The quantitative estimate of drug-likeness (QED) is 0.528. The third-order valence-corrected chi connectivity index (χ3v) is 4.70.